The van der Waals surface area contributed by atoms with Crippen LogP contribution in [0.4, 0.5) is 11.5 Å². The first-order valence-corrected chi connectivity index (χ1v) is 8.27. The van der Waals surface area contributed by atoms with Crippen LogP contribution in [-0.4, -0.2) is 30.8 Å². The summed E-state index contributed by atoms with van der Waals surface area (Å²) in [4.78, 5) is 24.9. The molecule has 3 aromatic heterocycles. The van der Waals surface area contributed by atoms with Gasteiger partial charge in [0.05, 0.1) is 15.5 Å². The lowest BCUT2D eigenvalue weighted by atomic mass is 10.3. The normalized spacial score (nSPS) is 10.8. The molecule has 0 aliphatic carbocycles. The third-order valence-corrected chi connectivity index (χ3v) is 4.70. The van der Waals surface area contributed by atoms with Gasteiger partial charge in [-0.1, -0.05) is 0 Å². The first-order chi connectivity index (χ1) is 11.8. The summed E-state index contributed by atoms with van der Waals surface area (Å²) in [6.45, 7) is 5.00. The highest BCUT2D eigenvalue weighted by Crippen LogP contribution is 2.27. The van der Waals surface area contributed by atoms with Crippen LogP contribution in [0.3, 0.4) is 0 Å². The number of thiophene rings is 1. The smallest absolute Gasteiger partial charge is 0.308 e. The van der Waals surface area contributed by atoms with Crippen molar-refractivity contribution in [2.75, 3.05) is 5.32 Å². The van der Waals surface area contributed by atoms with Crippen molar-refractivity contribution in [3.63, 3.8) is 0 Å². The number of hydrogen-bond acceptors (Lipinski definition) is 6. The van der Waals surface area contributed by atoms with Gasteiger partial charge in [-0.15, -0.1) is 11.3 Å². The Hall–Kier alpha value is -3.01. The Morgan fingerprint density at radius 1 is 1.40 bits per heavy atom. The fraction of sp³-hybridized carbons (Fsp3) is 0.267. The Kier molecular flexibility index (Phi) is 4.36. The molecule has 10 heteroatoms. The number of nitro groups is 1. The van der Waals surface area contributed by atoms with Gasteiger partial charge in [-0.25, -0.2) is 0 Å². The predicted octanol–water partition coefficient (Wildman–Crippen LogP) is 2.81. The number of aryl methyl sites for hydroxylation is 2. The van der Waals surface area contributed by atoms with Crippen molar-refractivity contribution >= 4 is 28.7 Å². The molecule has 3 heterocycles. The van der Waals surface area contributed by atoms with Gasteiger partial charge in [-0.2, -0.15) is 10.2 Å². The summed E-state index contributed by atoms with van der Waals surface area (Å²) in [5.74, 6) is 0.0305. The van der Waals surface area contributed by atoms with Crippen LogP contribution in [0.15, 0.2) is 18.2 Å². The number of aromatic nitrogens is 4. The van der Waals surface area contributed by atoms with E-state index in [0.717, 1.165) is 10.6 Å². The molecular formula is C15H16N6O3S. The Bertz CT molecular complexity index is 955. The lowest BCUT2D eigenvalue weighted by Crippen LogP contribution is -2.20. The molecule has 0 aliphatic rings. The van der Waals surface area contributed by atoms with Crippen molar-refractivity contribution in [2.45, 2.75) is 27.3 Å². The monoisotopic (exact) mass is 360 g/mol. The van der Waals surface area contributed by atoms with Crippen LogP contribution in [0.5, 0.6) is 0 Å². The van der Waals surface area contributed by atoms with Gasteiger partial charge in [0, 0.05) is 10.9 Å². The minimum absolute atomic E-state index is 0.0667. The summed E-state index contributed by atoms with van der Waals surface area (Å²) in [6.07, 6.45) is 0. The van der Waals surface area contributed by atoms with E-state index in [1.54, 1.807) is 31.3 Å². The Balaban J connectivity index is 1.70. The summed E-state index contributed by atoms with van der Waals surface area (Å²) in [7, 11) is 0. The summed E-state index contributed by atoms with van der Waals surface area (Å²) < 4.78 is 1.32. The highest BCUT2D eigenvalue weighted by atomic mass is 32.1. The number of H-pyrrole nitrogens is 1. The van der Waals surface area contributed by atoms with Crippen LogP contribution in [0.1, 0.15) is 16.3 Å². The van der Waals surface area contributed by atoms with E-state index in [0.29, 0.717) is 11.5 Å². The number of nitrogens with one attached hydrogen (secondary N) is 2. The molecule has 130 valence electrons. The Morgan fingerprint density at radius 2 is 2.16 bits per heavy atom. The zero-order chi connectivity index (χ0) is 18.1. The first-order valence-electron chi connectivity index (χ1n) is 7.45. The number of aromatic amines is 1. The van der Waals surface area contributed by atoms with Crippen molar-refractivity contribution in [3.05, 3.63) is 44.6 Å². The number of hydrogen-bond donors (Lipinski definition) is 2. The van der Waals surface area contributed by atoms with Crippen molar-refractivity contribution in [3.8, 4) is 10.6 Å². The maximum Gasteiger partial charge on any atom is 0.312 e. The van der Waals surface area contributed by atoms with E-state index in [4.69, 9.17) is 0 Å². The fourth-order valence-electron chi connectivity index (χ4n) is 2.52. The molecule has 0 bridgehead atoms. The average molecular weight is 360 g/mol. The van der Waals surface area contributed by atoms with Crippen molar-refractivity contribution in [1.29, 1.82) is 0 Å². The molecule has 0 saturated carbocycles. The van der Waals surface area contributed by atoms with E-state index >= 15 is 0 Å². The number of carbonyl (C=O) groups is 1. The van der Waals surface area contributed by atoms with Crippen LogP contribution in [0, 0.1) is 30.9 Å². The molecule has 9 nitrogen and oxygen atoms in total. The zero-order valence-electron chi connectivity index (χ0n) is 13.9. The predicted molar refractivity (Wildman–Crippen MR) is 93.6 cm³/mol. The summed E-state index contributed by atoms with van der Waals surface area (Å²) >= 11 is 1.62. The molecule has 3 aromatic rings. The molecule has 3 rings (SSSR count). The van der Waals surface area contributed by atoms with Gasteiger partial charge in [0.2, 0.25) is 5.91 Å². The second-order valence-corrected chi connectivity index (χ2v) is 6.85. The fourth-order valence-corrected chi connectivity index (χ4v) is 3.35. The van der Waals surface area contributed by atoms with Gasteiger partial charge in [0.15, 0.2) is 5.82 Å². The minimum atomic E-state index is -0.491. The maximum atomic E-state index is 12.2. The highest BCUT2D eigenvalue weighted by molar-refractivity contribution is 7.15. The maximum absolute atomic E-state index is 12.2. The van der Waals surface area contributed by atoms with E-state index in [-0.39, 0.29) is 23.8 Å². The van der Waals surface area contributed by atoms with Crippen LogP contribution in [0.2, 0.25) is 0 Å². The van der Waals surface area contributed by atoms with Crippen LogP contribution >= 0.6 is 11.3 Å². The zero-order valence-corrected chi connectivity index (χ0v) is 14.7. The molecule has 0 fully saturated rings. The van der Waals surface area contributed by atoms with Gasteiger partial charge in [0.1, 0.15) is 17.9 Å². The van der Waals surface area contributed by atoms with Gasteiger partial charge in [-0.3, -0.25) is 24.7 Å². The van der Waals surface area contributed by atoms with Gasteiger partial charge < -0.3 is 5.32 Å². The van der Waals surface area contributed by atoms with E-state index < -0.39 is 4.92 Å². The number of amides is 1. The topological polar surface area (TPSA) is 119 Å². The van der Waals surface area contributed by atoms with Gasteiger partial charge in [0.25, 0.3) is 0 Å². The van der Waals surface area contributed by atoms with Crippen LogP contribution in [-0.2, 0) is 11.3 Å². The third-order valence-electron chi connectivity index (χ3n) is 3.67. The number of anilines is 1. The molecule has 0 aromatic carbocycles. The quantitative estimate of drug-likeness (QED) is 0.536. The molecule has 0 unspecified atom stereocenters. The molecular weight excluding hydrogens is 344 g/mol. The molecule has 0 saturated heterocycles. The Morgan fingerprint density at radius 3 is 2.76 bits per heavy atom. The van der Waals surface area contributed by atoms with Crippen molar-refractivity contribution < 1.29 is 9.72 Å². The van der Waals surface area contributed by atoms with Gasteiger partial charge >= 0.3 is 5.69 Å². The molecule has 0 aliphatic heterocycles. The van der Waals surface area contributed by atoms with Crippen molar-refractivity contribution in [2.24, 2.45) is 0 Å². The van der Waals surface area contributed by atoms with Crippen molar-refractivity contribution in [1.82, 2.24) is 20.0 Å². The molecule has 0 atom stereocenters. The molecule has 2 N–H and O–H groups in total. The highest BCUT2D eigenvalue weighted by Gasteiger charge is 2.22. The standard InChI is InChI=1S/C15H16N6O3S/c1-8-4-5-12(25-8)11-6-13(18-17-11)16-14(22)7-20-10(3)15(21(23)24)9(2)19-20/h4-6H,7H2,1-3H3,(H2,16,17,18,22). The summed E-state index contributed by atoms with van der Waals surface area (Å²) in [5, 5.41) is 24.7. The summed E-state index contributed by atoms with van der Waals surface area (Å²) in [6, 6.07) is 5.73. The second-order valence-electron chi connectivity index (χ2n) is 5.56. The summed E-state index contributed by atoms with van der Waals surface area (Å²) in [5.41, 5.74) is 1.37. The largest absolute Gasteiger partial charge is 0.312 e. The lowest BCUT2D eigenvalue weighted by Gasteiger charge is -2.03. The SMILES string of the molecule is Cc1ccc(-c2cc(NC(=O)Cn3nc(C)c([N+](=O)[O-])c3C)n[nH]2)s1. The number of nitrogens with zero attached hydrogens (tertiary/aromatic N) is 4. The average Bonchev–Trinajstić information content (AvgIpc) is 3.20. The van der Waals surface area contributed by atoms with E-state index in [1.165, 1.54) is 9.56 Å². The Labute approximate surface area is 146 Å². The molecule has 1 amide bonds. The van der Waals surface area contributed by atoms with E-state index in [1.807, 2.05) is 19.1 Å². The molecule has 0 spiro atoms. The molecule has 0 radical (unpaired) electrons. The third kappa shape index (κ3) is 3.43. The van der Waals surface area contributed by atoms with Crippen LogP contribution in [0.25, 0.3) is 10.6 Å². The number of carbonyl (C=O) groups excluding carboxylic acids is 1. The van der Waals surface area contributed by atoms with Gasteiger partial charge in [-0.05, 0) is 32.9 Å². The second kappa shape index (κ2) is 6.48. The lowest BCUT2D eigenvalue weighted by molar-refractivity contribution is -0.386. The first kappa shape index (κ1) is 16.8. The van der Waals surface area contributed by atoms with Crippen LogP contribution < -0.4 is 5.32 Å². The van der Waals surface area contributed by atoms with E-state index in [9.17, 15) is 14.9 Å². The number of rotatable bonds is 5. The molecule has 25 heavy (non-hydrogen) atoms. The van der Waals surface area contributed by atoms with E-state index in [2.05, 4.69) is 20.6 Å². The minimum Gasteiger partial charge on any atom is -0.308 e.